The quantitative estimate of drug-likeness (QED) is 0.109. The largest absolute Gasteiger partial charge is 0.496 e. The van der Waals surface area contributed by atoms with E-state index in [1.807, 2.05) is 28.4 Å². The molecule has 0 fully saturated rings. The van der Waals surface area contributed by atoms with Crippen molar-refractivity contribution in [2.45, 2.75) is 275 Å². The van der Waals surface area contributed by atoms with Crippen LogP contribution in [0, 0.1) is 13.8 Å². The molecule has 1 aliphatic carbocycles. The molecule has 100 heavy (non-hydrogen) atoms. The molecular formula is C94H124N2O4. The van der Waals surface area contributed by atoms with Gasteiger partial charge in [-0.2, -0.15) is 0 Å². The van der Waals surface area contributed by atoms with Gasteiger partial charge in [0.15, 0.2) is 0 Å². The third-order valence-electron chi connectivity index (χ3n) is 21.3. The van der Waals surface area contributed by atoms with Crippen LogP contribution < -0.4 is 18.9 Å². The molecule has 8 aromatic carbocycles. The van der Waals surface area contributed by atoms with Gasteiger partial charge in [-0.25, -0.2) is 9.98 Å². The van der Waals surface area contributed by atoms with Gasteiger partial charge in [-0.15, -0.1) is 0 Å². The Bertz CT molecular complexity index is 3860. The lowest BCUT2D eigenvalue weighted by Crippen LogP contribution is -2.21. The second kappa shape index (κ2) is 27.1. The lowest BCUT2D eigenvalue weighted by atomic mass is 9.75. The van der Waals surface area contributed by atoms with Crippen molar-refractivity contribution in [2.24, 2.45) is 9.98 Å². The predicted molar refractivity (Wildman–Crippen MR) is 430 cm³/mol. The fourth-order valence-electron chi connectivity index (χ4n) is 15.3. The molecule has 0 bridgehead atoms. The van der Waals surface area contributed by atoms with E-state index >= 15 is 0 Å². The summed E-state index contributed by atoms with van der Waals surface area (Å²) in [6, 6.07) is 42.6. The van der Waals surface area contributed by atoms with Crippen molar-refractivity contribution in [3.05, 3.63) is 220 Å². The number of aliphatic imine (C=N–C) groups is 2. The Hall–Kier alpha value is -7.44. The Labute approximate surface area is 605 Å². The molecule has 6 heteroatoms. The van der Waals surface area contributed by atoms with Gasteiger partial charge in [0, 0.05) is 84.7 Å². The maximum absolute atomic E-state index is 6.45. The Balaban J connectivity index is 1.48. The van der Waals surface area contributed by atoms with E-state index in [9.17, 15) is 0 Å². The summed E-state index contributed by atoms with van der Waals surface area (Å²) in [5.41, 5.74) is 25.6. The standard InChI is InChI=1S/C94H124N2O4/c1-53-41-66(55(3)60-45-70(87(7,8)9)83(97-31)71(46-60)88(10,11)12)79(67(42-53)56(4)61-47-72(89(13,14)15)84(98-32)73(48-61)90(16,17)18)95-81-64-39-35-37-59-38-36-40-65(78(59)64)82(81)96-80-68(57(5)62-49-74(91(19,20)21)85(99-33)75(50-62)92(22,23)24)43-54(2)44-69(80)58(6)63-51-76(93(25,26)27)86(100-34)77(52-63)94(28,29)30/h35-52,55-58H,1-34H3/b95-81+,96-82+/t55-,56-,57-,58-/m1/s1. The molecule has 0 unspecified atom stereocenters. The van der Waals surface area contributed by atoms with E-state index in [1.54, 1.807) is 0 Å². The van der Waals surface area contributed by atoms with Gasteiger partial charge in [0.1, 0.15) is 23.0 Å². The minimum absolute atomic E-state index is 0.109. The maximum Gasteiger partial charge on any atom is 0.126 e. The molecule has 0 N–H and O–H groups in total. The molecule has 0 saturated heterocycles. The summed E-state index contributed by atoms with van der Waals surface area (Å²) in [5.74, 6) is 3.41. The average Bonchev–Trinajstić information content (AvgIpc) is 1.50. The van der Waals surface area contributed by atoms with Crippen LogP contribution in [0.3, 0.4) is 0 Å². The molecule has 534 valence electrons. The first kappa shape index (κ1) is 76.7. The third-order valence-corrected chi connectivity index (χ3v) is 21.3. The molecule has 0 amide bonds. The Morgan fingerprint density at radius 2 is 0.470 bits per heavy atom. The first-order valence-corrected chi connectivity index (χ1v) is 36.9. The van der Waals surface area contributed by atoms with Gasteiger partial charge in [0.2, 0.25) is 0 Å². The highest BCUT2D eigenvalue weighted by Gasteiger charge is 2.38. The van der Waals surface area contributed by atoms with E-state index in [1.165, 1.54) is 77.9 Å². The van der Waals surface area contributed by atoms with Gasteiger partial charge in [-0.3, -0.25) is 0 Å². The smallest absolute Gasteiger partial charge is 0.126 e. The van der Waals surface area contributed by atoms with Gasteiger partial charge >= 0.3 is 0 Å². The van der Waals surface area contributed by atoms with Crippen LogP contribution in [0.2, 0.25) is 0 Å². The zero-order chi connectivity index (χ0) is 74.6. The number of aryl methyl sites for hydroxylation is 2. The van der Waals surface area contributed by atoms with Crippen LogP contribution in [0.1, 0.15) is 329 Å². The fraction of sp³-hybridized carbons (Fsp3) is 0.489. The number of rotatable bonds is 14. The van der Waals surface area contributed by atoms with Crippen molar-refractivity contribution < 1.29 is 18.9 Å². The Morgan fingerprint density at radius 1 is 0.280 bits per heavy atom. The number of nitrogens with zero attached hydrogens (tertiary/aromatic N) is 2. The number of hydrogen-bond donors (Lipinski definition) is 0. The summed E-state index contributed by atoms with van der Waals surface area (Å²) in [6.45, 7) is 69.5. The van der Waals surface area contributed by atoms with Crippen molar-refractivity contribution in [3.8, 4) is 23.0 Å². The van der Waals surface area contributed by atoms with Gasteiger partial charge in [-0.1, -0.05) is 314 Å². The molecule has 6 nitrogen and oxygen atoms in total. The molecule has 1 aliphatic rings. The maximum atomic E-state index is 6.45. The van der Waals surface area contributed by atoms with Crippen molar-refractivity contribution >= 4 is 33.6 Å². The van der Waals surface area contributed by atoms with Crippen molar-refractivity contribution in [3.63, 3.8) is 0 Å². The lowest BCUT2D eigenvalue weighted by molar-refractivity contribution is 0.380. The molecule has 4 atom stereocenters. The summed E-state index contributed by atoms with van der Waals surface area (Å²) in [4.78, 5) is 12.9. The monoisotopic (exact) mass is 1340 g/mol. The van der Waals surface area contributed by atoms with Gasteiger partial charge < -0.3 is 18.9 Å². The molecule has 0 aliphatic heterocycles. The summed E-state index contributed by atoms with van der Waals surface area (Å²) >= 11 is 0. The number of hydrogen-bond acceptors (Lipinski definition) is 6. The van der Waals surface area contributed by atoms with E-state index in [0.29, 0.717) is 0 Å². The number of ether oxygens (including phenoxy) is 4. The molecular weight excluding hydrogens is 1220 g/mol. The van der Waals surface area contributed by atoms with Crippen LogP contribution >= 0.6 is 0 Å². The summed E-state index contributed by atoms with van der Waals surface area (Å²) in [5, 5.41) is 2.31. The number of benzene rings is 8. The van der Waals surface area contributed by atoms with Crippen LogP contribution in [0.4, 0.5) is 11.4 Å². The first-order chi connectivity index (χ1) is 46.0. The summed E-state index contributed by atoms with van der Waals surface area (Å²) < 4.78 is 25.8. The van der Waals surface area contributed by atoms with Crippen LogP contribution in [-0.4, -0.2) is 39.9 Å². The highest BCUT2D eigenvalue weighted by Crippen LogP contribution is 2.52. The van der Waals surface area contributed by atoms with Crippen LogP contribution in [0.25, 0.3) is 10.8 Å². The van der Waals surface area contributed by atoms with E-state index in [-0.39, 0.29) is 67.0 Å². The Kier molecular flexibility index (Phi) is 20.8. The molecule has 0 radical (unpaired) electrons. The topological polar surface area (TPSA) is 61.6 Å². The molecule has 0 aromatic heterocycles. The second-order valence-corrected chi connectivity index (χ2v) is 37.7. The number of methoxy groups -OCH3 is 4. The molecule has 0 spiro atoms. The van der Waals surface area contributed by atoms with Crippen LogP contribution in [0.15, 0.2) is 119 Å². The minimum atomic E-state index is -0.211. The Morgan fingerprint density at radius 3 is 0.640 bits per heavy atom. The molecule has 8 aromatic rings. The highest BCUT2D eigenvalue weighted by atomic mass is 16.5. The molecule has 0 saturated carbocycles. The minimum Gasteiger partial charge on any atom is -0.496 e. The summed E-state index contributed by atoms with van der Waals surface area (Å²) in [7, 11) is 7.33. The lowest BCUT2D eigenvalue weighted by Gasteiger charge is -2.32. The summed E-state index contributed by atoms with van der Waals surface area (Å²) in [6.07, 6.45) is 0. The normalized spacial score (nSPS) is 15.6. The zero-order valence-electron chi connectivity index (χ0n) is 68.2. The third kappa shape index (κ3) is 14.9. The molecule has 0 heterocycles. The van der Waals surface area contributed by atoms with E-state index < -0.39 is 0 Å². The average molecular weight is 1350 g/mol. The van der Waals surface area contributed by atoms with Crippen LogP contribution in [0.5, 0.6) is 23.0 Å². The second-order valence-electron chi connectivity index (χ2n) is 37.7. The SMILES string of the molecule is COc1c(C(C)(C)C)cc([C@@H](C)c2cc(C)cc([C@H](C)c3cc(C(C)(C)C)c(OC)c(C(C)(C)C)c3)c2/N=C2/C(=N/c3c([C@H](C)c4cc(C(C)(C)C)c(OC)c(C(C)(C)C)c4)cc(C)cc3[C@H](C)c3cc(C(C)(C)C)c(OC)c(C(C)(C)C)c3)c3cccc4cccc2c34)cc1C(C)(C)C. The van der Waals surface area contributed by atoms with Gasteiger partial charge in [-0.05, 0) is 107 Å². The molecule has 9 rings (SSSR count). The van der Waals surface area contributed by atoms with Crippen molar-refractivity contribution in [2.75, 3.05) is 28.4 Å². The highest BCUT2D eigenvalue weighted by molar-refractivity contribution is 6.61. The first-order valence-electron chi connectivity index (χ1n) is 36.9. The van der Waals surface area contributed by atoms with Crippen LogP contribution in [-0.2, 0) is 43.3 Å². The van der Waals surface area contributed by atoms with Gasteiger partial charge in [0.05, 0.1) is 51.2 Å². The fourth-order valence-corrected chi connectivity index (χ4v) is 15.3. The van der Waals surface area contributed by atoms with E-state index in [4.69, 9.17) is 28.9 Å². The van der Waals surface area contributed by atoms with E-state index in [0.717, 1.165) is 89.9 Å². The predicted octanol–water partition coefficient (Wildman–Crippen LogP) is 25.7. The zero-order valence-corrected chi connectivity index (χ0v) is 68.2. The van der Waals surface area contributed by atoms with E-state index in [2.05, 4.69) is 317 Å². The van der Waals surface area contributed by atoms with Gasteiger partial charge in [0.25, 0.3) is 0 Å². The van der Waals surface area contributed by atoms with Crippen molar-refractivity contribution in [1.29, 1.82) is 0 Å². The van der Waals surface area contributed by atoms with Crippen molar-refractivity contribution in [1.82, 2.24) is 0 Å².